The molecule has 0 aliphatic rings. The summed E-state index contributed by atoms with van der Waals surface area (Å²) in [5.41, 5.74) is 1.16. The quantitative estimate of drug-likeness (QED) is 0.652. The molecule has 0 atom stereocenters. The first-order chi connectivity index (χ1) is 8.63. The highest BCUT2D eigenvalue weighted by molar-refractivity contribution is 5.38. The van der Waals surface area contributed by atoms with E-state index in [9.17, 15) is 0 Å². The number of nitrogens with zero attached hydrogens (tertiary/aromatic N) is 2. The monoisotopic (exact) mass is 326 g/mol. The van der Waals surface area contributed by atoms with Gasteiger partial charge in [0.15, 0.2) is 0 Å². The van der Waals surface area contributed by atoms with Crippen LogP contribution in [0.2, 0.25) is 0 Å². The second kappa shape index (κ2) is 6.61. The molecule has 0 bridgehead atoms. The molecule has 0 saturated carbocycles. The molecule has 0 spiro atoms. The van der Waals surface area contributed by atoms with E-state index < -0.39 is 0 Å². The number of halogens is 1. The Labute approximate surface area is 124 Å². The van der Waals surface area contributed by atoms with Crippen molar-refractivity contribution in [3.05, 3.63) is 42.0 Å². The van der Waals surface area contributed by atoms with Crippen molar-refractivity contribution in [3.63, 3.8) is 0 Å². The molecule has 104 valence electrons. The number of ether oxygens (including phenoxy) is 2. The molecule has 19 heavy (non-hydrogen) atoms. The van der Waals surface area contributed by atoms with E-state index in [2.05, 4.69) is 22.3 Å². The van der Waals surface area contributed by atoms with Gasteiger partial charge in [-0.25, -0.2) is 9.13 Å². The lowest BCUT2D eigenvalue weighted by Gasteiger charge is -2.07. The molecule has 2 rings (SSSR count). The number of aryl methyl sites for hydroxylation is 1. The van der Waals surface area contributed by atoms with Crippen LogP contribution in [0, 0.1) is 6.92 Å². The topological polar surface area (TPSA) is 27.3 Å². The third-order valence-corrected chi connectivity index (χ3v) is 3.16. The van der Waals surface area contributed by atoms with E-state index in [4.69, 9.17) is 9.47 Å². The average molecular weight is 327 g/mol. The highest BCUT2D eigenvalue weighted by Gasteiger charge is 2.10. The zero-order valence-corrected chi connectivity index (χ0v) is 13.3. The predicted molar refractivity (Wildman–Crippen MR) is 69.0 cm³/mol. The fourth-order valence-corrected chi connectivity index (χ4v) is 1.92. The summed E-state index contributed by atoms with van der Waals surface area (Å²) in [5, 5.41) is 0. The van der Waals surface area contributed by atoms with Gasteiger partial charge >= 0.3 is 0 Å². The van der Waals surface area contributed by atoms with Crippen molar-refractivity contribution in [1.29, 1.82) is 0 Å². The fourth-order valence-electron chi connectivity index (χ4n) is 1.92. The van der Waals surface area contributed by atoms with Crippen LogP contribution < -0.4 is 31.0 Å². The molecule has 0 aliphatic heterocycles. The third-order valence-electron chi connectivity index (χ3n) is 3.16. The van der Waals surface area contributed by atoms with E-state index in [1.165, 1.54) is 5.82 Å². The Kier molecular flexibility index (Phi) is 5.42. The van der Waals surface area contributed by atoms with E-state index in [1.807, 2.05) is 31.4 Å². The molecule has 0 saturated heterocycles. The molecule has 0 amide bonds. The minimum absolute atomic E-state index is 0. The molecule has 0 aliphatic carbocycles. The Hall–Kier alpha value is -1.49. The Morgan fingerprint density at radius 2 is 1.68 bits per heavy atom. The lowest BCUT2D eigenvalue weighted by molar-refractivity contribution is -0.677. The van der Waals surface area contributed by atoms with Crippen LogP contribution in [0.15, 0.2) is 30.6 Å². The predicted octanol–water partition coefficient (Wildman–Crippen LogP) is -1.31. The van der Waals surface area contributed by atoms with Crippen molar-refractivity contribution < 1.29 is 31.0 Å². The summed E-state index contributed by atoms with van der Waals surface area (Å²) < 4.78 is 14.8. The van der Waals surface area contributed by atoms with Gasteiger partial charge in [0.05, 0.1) is 21.3 Å². The van der Waals surface area contributed by atoms with Gasteiger partial charge in [-0.05, 0) is 12.1 Å². The van der Waals surface area contributed by atoms with Crippen molar-refractivity contribution in [2.24, 2.45) is 7.05 Å². The van der Waals surface area contributed by atoms with Gasteiger partial charge in [-0.2, -0.15) is 0 Å². The van der Waals surface area contributed by atoms with E-state index in [0.29, 0.717) is 0 Å². The Balaban J connectivity index is 0.00000180. The minimum atomic E-state index is 0. The molecule has 0 radical (unpaired) electrons. The zero-order valence-electron chi connectivity index (χ0n) is 11.7. The zero-order chi connectivity index (χ0) is 13.1. The minimum Gasteiger partial charge on any atom is -1.00 e. The number of rotatable bonds is 4. The molecule has 0 fully saturated rings. The summed E-state index contributed by atoms with van der Waals surface area (Å²) in [7, 11) is 5.37. The molecule has 2 aromatic rings. The number of benzene rings is 1. The average Bonchev–Trinajstić information content (AvgIpc) is 2.70. The number of methoxy groups -OCH3 is 2. The summed E-state index contributed by atoms with van der Waals surface area (Å²) in [4.78, 5) is 0. The summed E-state index contributed by atoms with van der Waals surface area (Å²) >= 11 is 0. The molecule has 1 aromatic carbocycles. The first kappa shape index (κ1) is 15.6. The van der Waals surface area contributed by atoms with E-state index in [-0.39, 0.29) is 17.0 Å². The molecular formula is C14H19BrN2O2. The standard InChI is InChI=1S/C14H19N2O2.BrH/c1-11-15(2)5-6-16(11)10-12-7-13(17-3)9-14(8-12)18-4;/h5-9H,10H2,1-4H3;1H/q+1;/p-1. The largest absolute Gasteiger partial charge is 1.00 e. The fraction of sp³-hybridized carbons (Fsp3) is 0.357. The SMILES string of the molecule is COc1cc(Cn2cc[n+](C)c2C)cc(OC)c1.[Br-]. The normalized spacial score (nSPS) is 9.89. The van der Waals surface area contributed by atoms with Crippen LogP contribution in [-0.2, 0) is 13.6 Å². The van der Waals surface area contributed by atoms with Gasteiger partial charge in [0.25, 0.3) is 5.82 Å². The number of aromatic nitrogens is 2. The molecule has 4 nitrogen and oxygen atoms in total. The van der Waals surface area contributed by atoms with Gasteiger partial charge in [0, 0.05) is 18.6 Å². The highest BCUT2D eigenvalue weighted by atomic mass is 79.9. The summed E-state index contributed by atoms with van der Waals surface area (Å²) in [6.45, 7) is 2.90. The highest BCUT2D eigenvalue weighted by Crippen LogP contribution is 2.23. The molecule has 5 heteroatoms. The van der Waals surface area contributed by atoms with Gasteiger partial charge < -0.3 is 26.5 Å². The van der Waals surface area contributed by atoms with Gasteiger partial charge in [-0.15, -0.1) is 0 Å². The first-order valence-corrected chi connectivity index (χ1v) is 5.87. The maximum absolute atomic E-state index is 5.28. The van der Waals surface area contributed by atoms with Crippen LogP contribution in [0.4, 0.5) is 0 Å². The van der Waals surface area contributed by atoms with Crippen LogP contribution in [0.1, 0.15) is 11.4 Å². The van der Waals surface area contributed by atoms with E-state index in [1.54, 1.807) is 14.2 Å². The maximum Gasteiger partial charge on any atom is 0.253 e. The van der Waals surface area contributed by atoms with Crippen molar-refractivity contribution in [2.75, 3.05) is 14.2 Å². The summed E-state index contributed by atoms with van der Waals surface area (Å²) in [6.07, 6.45) is 4.12. The molecule has 0 unspecified atom stereocenters. The van der Waals surface area contributed by atoms with Gasteiger partial charge in [-0.3, -0.25) is 0 Å². The molecule has 0 N–H and O–H groups in total. The lowest BCUT2D eigenvalue weighted by atomic mass is 10.2. The maximum atomic E-state index is 5.28. The summed E-state index contributed by atoms with van der Waals surface area (Å²) in [5.74, 6) is 2.84. The van der Waals surface area contributed by atoms with Crippen LogP contribution in [0.5, 0.6) is 11.5 Å². The molecular weight excluding hydrogens is 308 g/mol. The van der Waals surface area contributed by atoms with Crippen LogP contribution >= 0.6 is 0 Å². The van der Waals surface area contributed by atoms with Crippen molar-refractivity contribution >= 4 is 0 Å². The second-order valence-corrected chi connectivity index (χ2v) is 4.31. The Morgan fingerprint density at radius 1 is 1.11 bits per heavy atom. The lowest BCUT2D eigenvalue weighted by Crippen LogP contribution is -3.00. The van der Waals surface area contributed by atoms with Crippen molar-refractivity contribution in [3.8, 4) is 11.5 Å². The Bertz CT molecular complexity index is 530. The van der Waals surface area contributed by atoms with Crippen molar-refractivity contribution in [2.45, 2.75) is 13.5 Å². The molecule has 1 aromatic heterocycles. The van der Waals surface area contributed by atoms with Gasteiger partial charge in [0.2, 0.25) is 0 Å². The van der Waals surface area contributed by atoms with Crippen LogP contribution in [-0.4, -0.2) is 18.8 Å². The number of imidazole rings is 1. The first-order valence-electron chi connectivity index (χ1n) is 5.87. The molecule has 1 heterocycles. The van der Waals surface area contributed by atoms with E-state index >= 15 is 0 Å². The van der Waals surface area contributed by atoms with Crippen molar-refractivity contribution in [1.82, 2.24) is 4.57 Å². The smallest absolute Gasteiger partial charge is 0.253 e. The Morgan fingerprint density at radius 3 is 2.11 bits per heavy atom. The van der Waals surface area contributed by atoms with E-state index in [0.717, 1.165) is 23.6 Å². The van der Waals surface area contributed by atoms with Gasteiger partial charge in [-0.1, -0.05) is 0 Å². The second-order valence-electron chi connectivity index (χ2n) is 4.31. The van der Waals surface area contributed by atoms with Crippen LogP contribution in [0.3, 0.4) is 0 Å². The van der Waals surface area contributed by atoms with Gasteiger partial charge in [0.1, 0.15) is 30.4 Å². The number of hydrogen-bond acceptors (Lipinski definition) is 2. The third kappa shape index (κ3) is 3.50. The van der Waals surface area contributed by atoms with Crippen LogP contribution in [0.25, 0.3) is 0 Å². The summed E-state index contributed by atoms with van der Waals surface area (Å²) in [6, 6.07) is 5.94. The number of hydrogen-bond donors (Lipinski definition) is 0.